The smallest absolute Gasteiger partial charge is 0.130 e. The summed E-state index contributed by atoms with van der Waals surface area (Å²) in [5.41, 5.74) is 0. The first-order chi connectivity index (χ1) is 7.69. The third-order valence-corrected chi connectivity index (χ3v) is 2.77. The lowest BCUT2D eigenvalue weighted by atomic mass is 10.1. The Morgan fingerprint density at radius 1 is 0.938 bits per heavy atom. The van der Waals surface area contributed by atoms with Gasteiger partial charge in [0.2, 0.25) is 0 Å². The molecule has 0 heterocycles. The Balaban J connectivity index is 2.95. The monoisotopic (exact) mass is 238 g/mol. The Labute approximate surface area is 98.2 Å². The van der Waals surface area contributed by atoms with Gasteiger partial charge in [0.15, 0.2) is 0 Å². The van der Waals surface area contributed by atoms with Crippen LogP contribution in [0.3, 0.4) is 0 Å². The molecule has 0 unspecified atom stereocenters. The van der Waals surface area contributed by atoms with Crippen LogP contribution in [0.5, 0.6) is 17.2 Å². The summed E-state index contributed by atoms with van der Waals surface area (Å²) in [6.07, 6.45) is 0. The van der Waals surface area contributed by atoms with E-state index >= 15 is 0 Å². The summed E-state index contributed by atoms with van der Waals surface area (Å²) in [4.78, 5) is 0. The Hall–Kier alpha value is -1.61. The highest BCUT2D eigenvalue weighted by Crippen LogP contribution is 2.42. The van der Waals surface area contributed by atoms with E-state index in [1.807, 2.05) is 0 Å². The quantitative estimate of drug-likeness (QED) is 0.873. The molecular weight excluding hydrogens is 228 g/mol. The molecule has 2 aromatic carbocycles. The number of ether oxygens (including phenoxy) is 2. The molecule has 0 radical (unpaired) electrons. The summed E-state index contributed by atoms with van der Waals surface area (Å²) in [6, 6.07) is 6.65. The van der Waals surface area contributed by atoms with E-state index in [0.717, 1.165) is 0 Å². The minimum absolute atomic E-state index is 0.111. The highest BCUT2D eigenvalue weighted by atomic mass is 35.5. The number of phenolic OH excluding ortho intramolecular Hbond substituents is 1. The van der Waals surface area contributed by atoms with Crippen molar-refractivity contribution in [1.29, 1.82) is 0 Å². The minimum Gasteiger partial charge on any atom is -0.507 e. The van der Waals surface area contributed by atoms with Gasteiger partial charge in [-0.25, -0.2) is 0 Å². The van der Waals surface area contributed by atoms with Crippen LogP contribution in [-0.4, -0.2) is 19.3 Å². The van der Waals surface area contributed by atoms with E-state index in [-0.39, 0.29) is 5.75 Å². The third kappa shape index (κ3) is 1.53. The average Bonchev–Trinajstić information content (AvgIpc) is 2.30. The Kier molecular flexibility index (Phi) is 2.79. The van der Waals surface area contributed by atoms with Gasteiger partial charge in [-0.1, -0.05) is 11.6 Å². The fourth-order valence-electron chi connectivity index (χ4n) is 1.71. The topological polar surface area (TPSA) is 38.7 Å². The van der Waals surface area contributed by atoms with Gasteiger partial charge in [-0.2, -0.15) is 0 Å². The Bertz CT molecular complexity index is 493. The summed E-state index contributed by atoms with van der Waals surface area (Å²) >= 11 is 6.05. The van der Waals surface area contributed by atoms with Crippen LogP contribution in [0, 0.1) is 0 Å². The Morgan fingerprint density at radius 3 is 2.06 bits per heavy atom. The number of rotatable bonds is 2. The molecule has 0 aliphatic rings. The predicted octanol–water partition coefficient (Wildman–Crippen LogP) is 3.22. The van der Waals surface area contributed by atoms with Crippen molar-refractivity contribution >= 4 is 22.4 Å². The zero-order chi connectivity index (χ0) is 11.7. The molecule has 0 aliphatic heterocycles. The first-order valence-electron chi connectivity index (χ1n) is 4.71. The van der Waals surface area contributed by atoms with Crippen LogP contribution in [-0.2, 0) is 0 Å². The second-order valence-corrected chi connectivity index (χ2v) is 3.69. The second kappa shape index (κ2) is 4.10. The van der Waals surface area contributed by atoms with Crippen molar-refractivity contribution in [3.63, 3.8) is 0 Å². The first kappa shape index (κ1) is 10.9. The average molecular weight is 239 g/mol. The maximum atomic E-state index is 9.80. The molecular formula is C12H11ClO3. The van der Waals surface area contributed by atoms with Crippen LogP contribution in [0.15, 0.2) is 24.3 Å². The molecule has 3 nitrogen and oxygen atoms in total. The van der Waals surface area contributed by atoms with Gasteiger partial charge in [0.25, 0.3) is 0 Å². The maximum Gasteiger partial charge on any atom is 0.130 e. The molecule has 0 fully saturated rings. The summed E-state index contributed by atoms with van der Waals surface area (Å²) in [5.74, 6) is 1.35. The third-order valence-electron chi connectivity index (χ3n) is 2.45. The lowest BCUT2D eigenvalue weighted by molar-refractivity contribution is 0.404. The van der Waals surface area contributed by atoms with Gasteiger partial charge in [-0.3, -0.25) is 0 Å². The number of hydrogen-bond acceptors (Lipinski definition) is 3. The van der Waals surface area contributed by atoms with Crippen LogP contribution >= 0.6 is 11.6 Å². The Morgan fingerprint density at radius 2 is 1.50 bits per heavy atom. The van der Waals surface area contributed by atoms with Crippen molar-refractivity contribution < 1.29 is 14.6 Å². The van der Waals surface area contributed by atoms with Crippen molar-refractivity contribution in [3.05, 3.63) is 29.3 Å². The van der Waals surface area contributed by atoms with Gasteiger partial charge in [-0.15, -0.1) is 0 Å². The summed E-state index contributed by atoms with van der Waals surface area (Å²) < 4.78 is 10.5. The highest BCUT2D eigenvalue weighted by Gasteiger charge is 2.13. The molecule has 0 aliphatic carbocycles. The minimum atomic E-state index is 0.111. The SMILES string of the molecule is COc1ccc(O)c2c(Cl)ccc(OC)c12. The first-order valence-corrected chi connectivity index (χ1v) is 5.09. The molecule has 84 valence electrons. The number of phenols is 1. The van der Waals surface area contributed by atoms with E-state index < -0.39 is 0 Å². The van der Waals surface area contributed by atoms with E-state index in [1.54, 1.807) is 38.5 Å². The molecule has 0 spiro atoms. The molecule has 0 saturated carbocycles. The van der Waals surface area contributed by atoms with Crippen LogP contribution in [0.2, 0.25) is 5.02 Å². The largest absolute Gasteiger partial charge is 0.507 e. The van der Waals surface area contributed by atoms with E-state index in [4.69, 9.17) is 21.1 Å². The molecule has 2 rings (SSSR count). The number of methoxy groups -OCH3 is 2. The molecule has 0 saturated heterocycles. The second-order valence-electron chi connectivity index (χ2n) is 3.29. The molecule has 16 heavy (non-hydrogen) atoms. The summed E-state index contributed by atoms with van der Waals surface area (Å²) in [5, 5.41) is 11.5. The van der Waals surface area contributed by atoms with Gasteiger partial charge in [-0.05, 0) is 24.3 Å². The van der Waals surface area contributed by atoms with Gasteiger partial charge >= 0.3 is 0 Å². The van der Waals surface area contributed by atoms with Gasteiger partial charge in [0, 0.05) is 5.39 Å². The van der Waals surface area contributed by atoms with Gasteiger partial charge in [0.1, 0.15) is 17.2 Å². The molecule has 1 N–H and O–H groups in total. The van der Waals surface area contributed by atoms with Gasteiger partial charge < -0.3 is 14.6 Å². The number of fused-ring (bicyclic) bond motifs is 1. The zero-order valence-corrected chi connectivity index (χ0v) is 9.71. The van der Waals surface area contributed by atoms with Crippen LogP contribution in [0.4, 0.5) is 0 Å². The van der Waals surface area contributed by atoms with Crippen molar-refractivity contribution in [2.75, 3.05) is 14.2 Å². The molecule has 4 heteroatoms. The molecule has 0 aromatic heterocycles. The normalized spacial score (nSPS) is 10.4. The number of halogens is 1. The van der Waals surface area contributed by atoms with Crippen molar-refractivity contribution in [3.8, 4) is 17.2 Å². The number of hydrogen-bond donors (Lipinski definition) is 1. The van der Waals surface area contributed by atoms with Crippen LogP contribution < -0.4 is 9.47 Å². The van der Waals surface area contributed by atoms with E-state index in [2.05, 4.69) is 0 Å². The van der Waals surface area contributed by atoms with E-state index in [0.29, 0.717) is 27.3 Å². The molecule has 0 bridgehead atoms. The van der Waals surface area contributed by atoms with Crippen LogP contribution in [0.25, 0.3) is 10.8 Å². The van der Waals surface area contributed by atoms with Crippen molar-refractivity contribution in [1.82, 2.24) is 0 Å². The zero-order valence-electron chi connectivity index (χ0n) is 8.95. The highest BCUT2D eigenvalue weighted by molar-refractivity contribution is 6.36. The fourth-order valence-corrected chi connectivity index (χ4v) is 1.97. The van der Waals surface area contributed by atoms with Crippen LogP contribution in [0.1, 0.15) is 0 Å². The number of benzene rings is 2. The summed E-state index contributed by atoms with van der Waals surface area (Å²) in [6.45, 7) is 0. The lowest BCUT2D eigenvalue weighted by Gasteiger charge is -2.12. The fraction of sp³-hybridized carbons (Fsp3) is 0.167. The lowest BCUT2D eigenvalue weighted by Crippen LogP contribution is -1.90. The summed E-state index contributed by atoms with van der Waals surface area (Å²) in [7, 11) is 3.12. The predicted molar refractivity (Wildman–Crippen MR) is 63.7 cm³/mol. The van der Waals surface area contributed by atoms with E-state index in [1.165, 1.54) is 0 Å². The molecule has 0 atom stereocenters. The number of aromatic hydroxyl groups is 1. The van der Waals surface area contributed by atoms with E-state index in [9.17, 15) is 5.11 Å². The molecule has 0 amide bonds. The molecule has 2 aromatic rings. The van der Waals surface area contributed by atoms with Crippen molar-refractivity contribution in [2.45, 2.75) is 0 Å². The van der Waals surface area contributed by atoms with Gasteiger partial charge in [0.05, 0.1) is 24.6 Å². The van der Waals surface area contributed by atoms with Crippen molar-refractivity contribution in [2.24, 2.45) is 0 Å². The maximum absolute atomic E-state index is 9.80. The standard InChI is InChI=1S/C12H11ClO3/c1-15-9-5-3-7(13)11-8(14)4-6-10(16-2)12(9)11/h3-6,14H,1-2H3.